The molecule has 1 aromatic heterocycles. The number of hydrogen-bond acceptors (Lipinski definition) is 6. The van der Waals surface area contributed by atoms with E-state index in [1.54, 1.807) is 0 Å². The van der Waals surface area contributed by atoms with Crippen molar-refractivity contribution in [1.82, 2.24) is 30.2 Å². The molecule has 18 heavy (non-hydrogen) atoms. The molecule has 0 saturated carbocycles. The lowest BCUT2D eigenvalue weighted by atomic mass is 10.2. The largest absolute Gasteiger partial charge is 0.347 e. The van der Waals surface area contributed by atoms with Crippen molar-refractivity contribution < 1.29 is 13.2 Å². The fourth-order valence-corrected chi connectivity index (χ4v) is 3.06. The minimum atomic E-state index is -3.35. The average Bonchev–Trinajstić information content (AvgIpc) is 2.95. The summed E-state index contributed by atoms with van der Waals surface area (Å²) >= 11 is 0. The van der Waals surface area contributed by atoms with Crippen molar-refractivity contribution >= 4 is 15.9 Å². The van der Waals surface area contributed by atoms with Crippen molar-refractivity contribution in [3.63, 3.8) is 0 Å². The van der Waals surface area contributed by atoms with Crippen molar-refractivity contribution in [2.75, 3.05) is 12.8 Å². The summed E-state index contributed by atoms with van der Waals surface area (Å²) in [6, 6.07) is -0.632. The molecule has 10 heteroatoms. The Hall–Kier alpha value is -1.55. The highest BCUT2D eigenvalue weighted by Crippen LogP contribution is 2.20. The Balaban J connectivity index is 1.96. The standard InChI is InChI=1S/C8H14N6O3S/c1-18(16,17)14-4-2-3-6(14)8(15)9-5-7-10-12-13-11-7/h6H,2-5H2,1H3,(H,9,15)(H,10,11,12,13). The molecule has 1 fully saturated rings. The highest BCUT2D eigenvalue weighted by Gasteiger charge is 2.36. The highest BCUT2D eigenvalue weighted by atomic mass is 32.2. The molecule has 2 heterocycles. The summed E-state index contributed by atoms with van der Waals surface area (Å²) in [7, 11) is -3.35. The van der Waals surface area contributed by atoms with E-state index in [1.807, 2.05) is 0 Å². The Labute approximate surface area is 104 Å². The van der Waals surface area contributed by atoms with Crippen molar-refractivity contribution in [2.24, 2.45) is 0 Å². The van der Waals surface area contributed by atoms with Gasteiger partial charge in [-0.3, -0.25) is 4.79 Å². The van der Waals surface area contributed by atoms with Gasteiger partial charge in [-0.2, -0.15) is 9.52 Å². The SMILES string of the molecule is CS(=O)(=O)N1CCCC1C(=O)NCc1nn[nH]n1. The van der Waals surface area contributed by atoms with Gasteiger partial charge in [-0.25, -0.2) is 8.42 Å². The number of aromatic nitrogens is 4. The smallest absolute Gasteiger partial charge is 0.238 e. The van der Waals surface area contributed by atoms with Crippen LogP contribution in [-0.2, 0) is 21.4 Å². The molecule has 1 aliphatic rings. The van der Waals surface area contributed by atoms with Crippen molar-refractivity contribution in [3.8, 4) is 0 Å². The monoisotopic (exact) mass is 274 g/mol. The second-order valence-electron chi connectivity index (χ2n) is 4.08. The first kappa shape index (κ1) is 12.9. The lowest BCUT2D eigenvalue weighted by Crippen LogP contribution is -2.45. The van der Waals surface area contributed by atoms with E-state index in [-0.39, 0.29) is 12.5 Å². The van der Waals surface area contributed by atoms with E-state index < -0.39 is 16.1 Å². The number of H-pyrrole nitrogens is 1. The minimum Gasteiger partial charge on any atom is -0.347 e. The number of rotatable bonds is 4. The Kier molecular flexibility index (Phi) is 3.57. The van der Waals surface area contributed by atoms with Crippen LogP contribution >= 0.6 is 0 Å². The van der Waals surface area contributed by atoms with Crippen LogP contribution in [0.1, 0.15) is 18.7 Å². The number of tetrazole rings is 1. The van der Waals surface area contributed by atoms with Gasteiger partial charge in [-0.1, -0.05) is 5.21 Å². The Bertz CT molecular complexity index is 513. The number of nitrogens with one attached hydrogen (secondary N) is 2. The zero-order chi connectivity index (χ0) is 13.2. The molecular weight excluding hydrogens is 260 g/mol. The van der Waals surface area contributed by atoms with E-state index in [0.717, 1.165) is 6.26 Å². The fraction of sp³-hybridized carbons (Fsp3) is 0.750. The van der Waals surface area contributed by atoms with E-state index in [1.165, 1.54) is 4.31 Å². The molecule has 1 amide bonds. The molecule has 0 radical (unpaired) electrons. The van der Waals surface area contributed by atoms with E-state index in [0.29, 0.717) is 25.2 Å². The van der Waals surface area contributed by atoms with Gasteiger partial charge >= 0.3 is 0 Å². The quantitative estimate of drug-likeness (QED) is 0.671. The summed E-state index contributed by atoms with van der Waals surface area (Å²) in [4.78, 5) is 11.9. The van der Waals surface area contributed by atoms with Gasteiger partial charge in [0.1, 0.15) is 6.04 Å². The van der Waals surface area contributed by atoms with Gasteiger partial charge in [-0.15, -0.1) is 10.2 Å². The van der Waals surface area contributed by atoms with Crippen molar-refractivity contribution in [2.45, 2.75) is 25.4 Å². The van der Waals surface area contributed by atoms with Crippen LogP contribution in [0.15, 0.2) is 0 Å². The fourth-order valence-electron chi connectivity index (χ4n) is 1.94. The predicted molar refractivity (Wildman–Crippen MR) is 60.6 cm³/mol. The summed E-state index contributed by atoms with van der Waals surface area (Å²) in [6.07, 6.45) is 2.33. The van der Waals surface area contributed by atoms with Crippen molar-refractivity contribution in [1.29, 1.82) is 0 Å². The van der Waals surface area contributed by atoms with Crippen LogP contribution < -0.4 is 5.32 Å². The molecule has 1 unspecified atom stereocenters. The molecule has 100 valence electrons. The second-order valence-corrected chi connectivity index (χ2v) is 6.01. The zero-order valence-electron chi connectivity index (χ0n) is 9.83. The number of carbonyl (C=O) groups is 1. The van der Waals surface area contributed by atoms with E-state index in [4.69, 9.17) is 0 Å². The molecule has 0 aromatic carbocycles. The van der Waals surface area contributed by atoms with Crippen LogP contribution in [0.5, 0.6) is 0 Å². The molecular formula is C8H14N6O3S. The number of aromatic amines is 1. The highest BCUT2D eigenvalue weighted by molar-refractivity contribution is 7.88. The van der Waals surface area contributed by atoms with E-state index >= 15 is 0 Å². The lowest BCUT2D eigenvalue weighted by molar-refractivity contribution is -0.124. The molecule has 2 rings (SSSR count). The van der Waals surface area contributed by atoms with Gasteiger partial charge < -0.3 is 5.32 Å². The van der Waals surface area contributed by atoms with Crippen LogP contribution in [0.4, 0.5) is 0 Å². The number of sulfonamides is 1. The van der Waals surface area contributed by atoms with Gasteiger partial charge in [0.15, 0.2) is 5.82 Å². The molecule has 1 aromatic rings. The summed E-state index contributed by atoms with van der Waals surface area (Å²) in [5.74, 6) is 0.0231. The second kappa shape index (κ2) is 4.98. The van der Waals surface area contributed by atoms with Crippen LogP contribution in [0, 0.1) is 0 Å². The van der Waals surface area contributed by atoms with Gasteiger partial charge in [0.2, 0.25) is 15.9 Å². The molecule has 2 N–H and O–H groups in total. The summed E-state index contributed by atoms with van der Waals surface area (Å²) in [6.45, 7) is 0.516. The number of amides is 1. The normalized spacial score (nSPS) is 21.1. The molecule has 1 atom stereocenters. The number of hydrogen-bond donors (Lipinski definition) is 2. The Morgan fingerprint density at radius 2 is 2.39 bits per heavy atom. The van der Waals surface area contributed by atoms with Gasteiger partial charge in [0, 0.05) is 6.54 Å². The third kappa shape index (κ3) is 2.82. The van der Waals surface area contributed by atoms with Gasteiger partial charge in [-0.05, 0) is 12.8 Å². The molecule has 1 aliphatic heterocycles. The maximum absolute atomic E-state index is 11.9. The molecule has 9 nitrogen and oxygen atoms in total. The summed E-state index contributed by atoms with van der Waals surface area (Å²) < 4.78 is 24.2. The molecule has 1 saturated heterocycles. The maximum Gasteiger partial charge on any atom is 0.238 e. The van der Waals surface area contributed by atoms with Crippen LogP contribution in [0.25, 0.3) is 0 Å². The topological polar surface area (TPSA) is 121 Å². The first-order valence-electron chi connectivity index (χ1n) is 5.45. The molecule has 0 spiro atoms. The third-order valence-electron chi connectivity index (χ3n) is 2.74. The zero-order valence-corrected chi connectivity index (χ0v) is 10.6. The first-order chi connectivity index (χ1) is 8.48. The van der Waals surface area contributed by atoms with Crippen LogP contribution in [-0.4, -0.2) is 58.1 Å². The third-order valence-corrected chi connectivity index (χ3v) is 4.03. The average molecular weight is 274 g/mol. The number of carbonyl (C=O) groups excluding carboxylic acids is 1. The van der Waals surface area contributed by atoms with E-state index in [2.05, 4.69) is 25.9 Å². The Morgan fingerprint density at radius 1 is 1.61 bits per heavy atom. The van der Waals surface area contributed by atoms with E-state index in [9.17, 15) is 13.2 Å². The number of nitrogens with zero attached hydrogens (tertiary/aromatic N) is 4. The van der Waals surface area contributed by atoms with Gasteiger partial charge in [0.25, 0.3) is 0 Å². The van der Waals surface area contributed by atoms with Crippen molar-refractivity contribution in [3.05, 3.63) is 5.82 Å². The van der Waals surface area contributed by atoms with Crippen LogP contribution in [0.3, 0.4) is 0 Å². The maximum atomic E-state index is 11.9. The Morgan fingerprint density at radius 3 is 3.00 bits per heavy atom. The lowest BCUT2D eigenvalue weighted by Gasteiger charge is -2.20. The van der Waals surface area contributed by atoms with Gasteiger partial charge in [0.05, 0.1) is 12.8 Å². The first-order valence-corrected chi connectivity index (χ1v) is 7.30. The predicted octanol–water partition coefficient (Wildman–Crippen LogP) is -1.76. The van der Waals surface area contributed by atoms with Crippen LogP contribution in [0.2, 0.25) is 0 Å². The molecule has 0 bridgehead atoms. The minimum absolute atomic E-state index is 0.128. The molecule has 0 aliphatic carbocycles. The summed E-state index contributed by atoms with van der Waals surface area (Å²) in [5.41, 5.74) is 0. The summed E-state index contributed by atoms with van der Waals surface area (Å²) in [5, 5.41) is 15.6.